The standard InChI is InChI=1S/C12H9NO3/c14-11-7-6-9(12(15)16-11)8-13-10-4-2-1-3-5-10/h1-8,15H. The Hall–Kier alpha value is -2.36. The summed E-state index contributed by atoms with van der Waals surface area (Å²) in [6, 6.07) is 11.9. The van der Waals surface area contributed by atoms with Crippen LogP contribution in [0.2, 0.25) is 0 Å². The van der Waals surface area contributed by atoms with Crippen molar-refractivity contribution in [1.82, 2.24) is 0 Å². The van der Waals surface area contributed by atoms with Gasteiger partial charge in [-0.3, -0.25) is 4.99 Å². The average Bonchev–Trinajstić information content (AvgIpc) is 2.29. The largest absolute Gasteiger partial charge is 0.480 e. The molecule has 1 aromatic carbocycles. The molecular weight excluding hydrogens is 206 g/mol. The molecule has 0 saturated carbocycles. The van der Waals surface area contributed by atoms with E-state index in [-0.39, 0.29) is 0 Å². The first-order chi connectivity index (χ1) is 7.75. The molecule has 0 aliphatic carbocycles. The van der Waals surface area contributed by atoms with Crippen LogP contribution in [-0.4, -0.2) is 11.3 Å². The summed E-state index contributed by atoms with van der Waals surface area (Å²) < 4.78 is 4.51. The maximum Gasteiger partial charge on any atom is 0.338 e. The summed E-state index contributed by atoms with van der Waals surface area (Å²) in [5.74, 6) is -0.424. The molecule has 2 rings (SSSR count). The first-order valence-corrected chi connectivity index (χ1v) is 4.68. The third-order valence-electron chi connectivity index (χ3n) is 1.95. The second kappa shape index (κ2) is 4.44. The summed E-state index contributed by atoms with van der Waals surface area (Å²) in [7, 11) is 0. The van der Waals surface area contributed by atoms with Gasteiger partial charge in [-0.05, 0) is 18.2 Å². The number of nitrogens with zero attached hydrogens (tertiary/aromatic N) is 1. The van der Waals surface area contributed by atoms with E-state index in [2.05, 4.69) is 9.41 Å². The van der Waals surface area contributed by atoms with E-state index in [1.54, 1.807) is 0 Å². The second-order valence-electron chi connectivity index (χ2n) is 3.11. The van der Waals surface area contributed by atoms with Crippen LogP contribution in [-0.2, 0) is 0 Å². The Kier molecular flexibility index (Phi) is 2.82. The minimum absolute atomic E-state index is 0.364. The molecule has 0 radical (unpaired) electrons. The Labute approximate surface area is 91.5 Å². The molecule has 16 heavy (non-hydrogen) atoms. The number of aromatic hydroxyl groups is 1. The van der Waals surface area contributed by atoms with Crippen molar-refractivity contribution in [2.45, 2.75) is 0 Å². The number of rotatable bonds is 2. The van der Waals surface area contributed by atoms with Crippen LogP contribution in [0.15, 0.2) is 56.7 Å². The first kappa shape index (κ1) is 10.2. The first-order valence-electron chi connectivity index (χ1n) is 4.68. The van der Waals surface area contributed by atoms with Crippen molar-refractivity contribution in [3.8, 4) is 5.95 Å². The fraction of sp³-hybridized carbons (Fsp3) is 0. The lowest BCUT2D eigenvalue weighted by atomic mass is 10.3. The molecule has 0 aliphatic heterocycles. The molecule has 0 bridgehead atoms. The summed E-state index contributed by atoms with van der Waals surface area (Å²) in [6.07, 6.45) is 1.44. The van der Waals surface area contributed by atoms with Gasteiger partial charge in [-0.25, -0.2) is 4.79 Å². The highest BCUT2D eigenvalue weighted by Gasteiger charge is 2.00. The molecule has 0 unspecified atom stereocenters. The summed E-state index contributed by atoms with van der Waals surface area (Å²) in [5.41, 5.74) is 0.533. The van der Waals surface area contributed by atoms with E-state index in [0.717, 1.165) is 5.69 Å². The second-order valence-corrected chi connectivity index (χ2v) is 3.11. The highest BCUT2D eigenvalue weighted by atomic mass is 16.5. The maximum atomic E-state index is 10.7. The maximum absolute atomic E-state index is 10.7. The van der Waals surface area contributed by atoms with Crippen LogP contribution in [0, 0.1) is 0 Å². The monoisotopic (exact) mass is 215 g/mol. The Balaban J connectivity index is 2.28. The average molecular weight is 215 g/mol. The Morgan fingerprint density at radius 1 is 1.12 bits per heavy atom. The minimum Gasteiger partial charge on any atom is -0.480 e. The van der Waals surface area contributed by atoms with Crippen molar-refractivity contribution in [2.75, 3.05) is 0 Å². The van der Waals surface area contributed by atoms with E-state index in [9.17, 15) is 9.90 Å². The minimum atomic E-state index is -0.589. The normalized spacial score (nSPS) is 10.8. The smallest absolute Gasteiger partial charge is 0.338 e. The molecule has 4 nitrogen and oxygen atoms in total. The Morgan fingerprint density at radius 3 is 2.56 bits per heavy atom. The SMILES string of the molecule is O=c1ccc(C=Nc2ccccc2)c(O)o1. The number of benzene rings is 1. The zero-order valence-electron chi connectivity index (χ0n) is 8.33. The van der Waals surface area contributed by atoms with Crippen molar-refractivity contribution < 1.29 is 9.52 Å². The Morgan fingerprint density at radius 2 is 1.88 bits per heavy atom. The molecule has 0 saturated heterocycles. The van der Waals surface area contributed by atoms with Gasteiger partial charge in [0.05, 0.1) is 11.3 Å². The molecule has 0 aliphatic rings. The third kappa shape index (κ3) is 2.36. The molecule has 0 atom stereocenters. The van der Waals surface area contributed by atoms with Crippen LogP contribution in [0.5, 0.6) is 5.95 Å². The molecule has 1 aromatic heterocycles. The van der Waals surface area contributed by atoms with E-state index < -0.39 is 11.6 Å². The lowest BCUT2D eigenvalue weighted by Gasteiger charge is -1.95. The van der Waals surface area contributed by atoms with E-state index in [4.69, 9.17) is 0 Å². The zero-order chi connectivity index (χ0) is 11.4. The molecular formula is C12H9NO3. The molecule has 1 heterocycles. The van der Waals surface area contributed by atoms with E-state index in [1.807, 2.05) is 30.3 Å². The van der Waals surface area contributed by atoms with E-state index >= 15 is 0 Å². The van der Waals surface area contributed by atoms with E-state index in [1.165, 1.54) is 18.3 Å². The molecule has 2 aromatic rings. The van der Waals surface area contributed by atoms with Crippen molar-refractivity contribution in [3.05, 3.63) is 58.4 Å². The van der Waals surface area contributed by atoms with Crippen molar-refractivity contribution in [2.24, 2.45) is 4.99 Å². The van der Waals surface area contributed by atoms with Crippen LogP contribution in [0.4, 0.5) is 5.69 Å². The van der Waals surface area contributed by atoms with Gasteiger partial charge in [0.25, 0.3) is 5.95 Å². The predicted molar refractivity (Wildman–Crippen MR) is 60.3 cm³/mol. The molecule has 0 spiro atoms. The van der Waals surface area contributed by atoms with Gasteiger partial charge in [-0.15, -0.1) is 0 Å². The summed E-state index contributed by atoms with van der Waals surface area (Å²) in [6.45, 7) is 0. The molecule has 4 heteroatoms. The van der Waals surface area contributed by atoms with Crippen LogP contribution in [0.25, 0.3) is 0 Å². The van der Waals surface area contributed by atoms with Gasteiger partial charge in [0.1, 0.15) is 0 Å². The molecule has 1 N–H and O–H groups in total. The number of para-hydroxylation sites is 1. The molecule has 80 valence electrons. The lowest BCUT2D eigenvalue weighted by Crippen LogP contribution is -1.96. The lowest BCUT2D eigenvalue weighted by molar-refractivity contribution is 0.309. The van der Waals surface area contributed by atoms with Gasteiger partial charge >= 0.3 is 5.63 Å². The van der Waals surface area contributed by atoms with E-state index in [0.29, 0.717) is 5.56 Å². The van der Waals surface area contributed by atoms with Gasteiger partial charge in [-0.1, -0.05) is 18.2 Å². The van der Waals surface area contributed by atoms with Gasteiger partial charge in [0.15, 0.2) is 0 Å². The van der Waals surface area contributed by atoms with Gasteiger partial charge < -0.3 is 9.52 Å². The zero-order valence-corrected chi connectivity index (χ0v) is 8.33. The van der Waals surface area contributed by atoms with Crippen LogP contribution >= 0.6 is 0 Å². The number of hydrogen-bond donors (Lipinski definition) is 1. The summed E-state index contributed by atoms with van der Waals surface area (Å²) in [4.78, 5) is 14.9. The van der Waals surface area contributed by atoms with Crippen LogP contribution in [0.1, 0.15) is 5.56 Å². The van der Waals surface area contributed by atoms with Crippen molar-refractivity contribution in [3.63, 3.8) is 0 Å². The number of hydrogen-bond acceptors (Lipinski definition) is 4. The predicted octanol–water partition coefficient (Wildman–Crippen LogP) is 2.10. The highest BCUT2D eigenvalue weighted by Crippen LogP contribution is 2.14. The quantitative estimate of drug-likeness (QED) is 0.780. The van der Waals surface area contributed by atoms with Crippen molar-refractivity contribution in [1.29, 1.82) is 0 Å². The van der Waals surface area contributed by atoms with Crippen molar-refractivity contribution >= 4 is 11.9 Å². The fourth-order valence-electron chi connectivity index (χ4n) is 1.17. The topological polar surface area (TPSA) is 62.8 Å². The van der Waals surface area contributed by atoms with Gasteiger partial charge in [-0.2, -0.15) is 0 Å². The third-order valence-corrected chi connectivity index (χ3v) is 1.95. The van der Waals surface area contributed by atoms with Gasteiger partial charge in [0.2, 0.25) is 0 Å². The molecule has 0 fully saturated rings. The van der Waals surface area contributed by atoms with Gasteiger partial charge in [0, 0.05) is 12.3 Å². The van der Waals surface area contributed by atoms with Crippen LogP contribution < -0.4 is 5.63 Å². The Bertz CT molecular complexity index is 558. The summed E-state index contributed by atoms with van der Waals surface area (Å²) >= 11 is 0. The fourth-order valence-corrected chi connectivity index (χ4v) is 1.17. The van der Waals surface area contributed by atoms with Crippen LogP contribution in [0.3, 0.4) is 0 Å². The number of aliphatic imine (C=N–C) groups is 1. The summed E-state index contributed by atoms with van der Waals surface area (Å²) in [5, 5.41) is 9.31. The highest BCUT2D eigenvalue weighted by molar-refractivity contribution is 5.83. The molecule has 0 amide bonds.